The molecular weight excluding hydrogens is 298 g/mol. The summed E-state index contributed by atoms with van der Waals surface area (Å²) in [6.07, 6.45) is 3.96. The van der Waals surface area contributed by atoms with Gasteiger partial charge in [0.2, 0.25) is 0 Å². The molecule has 0 aliphatic heterocycles. The smallest absolute Gasteiger partial charge is 0.116 e. The lowest BCUT2D eigenvalue weighted by Gasteiger charge is -2.33. The van der Waals surface area contributed by atoms with Crippen molar-refractivity contribution in [2.75, 3.05) is 0 Å². The molecule has 1 heterocycles. The zero-order valence-electron chi connectivity index (χ0n) is 12.4. The van der Waals surface area contributed by atoms with Gasteiger partial charge in [-0.2, -0.15) is 0 Å². The molecular formula is C18H16ClNO2. The molecule has 0 spiro atoms. The first kappa shape index (κ1) is 13.8. The summed E-state index contributed by atoms with van der Waals surface area (Å²) in [6.45, 7) is 4.09. The van der Waals surface area contributed by atoms with Gasteiger partial charge in [-0.15, -0.1) is 0 Å². The summed E-state index contributed by atoms with van der Waals surface area (Å²) in [7, 11) is 0. The van der Waals surface area contributed by atoms with Gasteiger partial charge in [0.15, 0.2) is 0 Å². The van der Waals surface area contributed by atoms with Gasteiger partial charge < -0.3 is 10.2 Å². The molecule has 1 atom stereocenters. The maximum atomic E-state index is 10.3. The molecule has 1 aromatic carbocycles. The fourth-order valence-electron chi connectivity index (χ4n) is 3.41. The van der Waals surface area contributed by atoms with Crippen molar-refractivity contribution in [3.8, 4) is 5.75 Å². The second kappa shape index (κ2) is 4.34. The number of aromatic hydroxyl groups is 1. The summed E-state index contributed by atoms with van der Waals surface area (Å²) in [6, 6.07) is 5.05. The Bertz CT molecular complexity index is 880. The zero-order chi connectivity index (χ0) is 15.6. The summed E-state index contributed by atoms with van der Waals surface area (Å²) < 4.78 is 0. The molecule has 2 aliphatic rings. The fourth-order valence-corrected chi connectivity index (χ4v) is 3.72. The van der Waals surface area contributed by atoms with Crippen LogP contribution in [0.25, 0.3) is 16.5 Å². The number of allylic oxidation sites excluding steroid dienone is 2. The Morgan fingerprint density at radius 3 is 2.86 bits per heavy atom. The van der Waals surface area contributed by atoms with Crippen molar-refractivity contribution in [2.45, 2.75) is 26.4 Å². The number of aromatic nitrogens is 1. The Hall–Kier alpha value is -1.84. The van der Waals surface area contributed by atoms with Gasteiger partial charge in [0, 0.05) is 21.9 Å². The van der Waals surface area contributed by atoms with Crippen molar-refractivity contribution in [1.29, 1.82) is 0 Å². The highest BCUT2D eigenvalue weighted by molar-refractivity contribution is 6.36. The molecule has 2 aliphatic carbocycles. The molecule has 1 aromatic heterocycles. The molecule has 4 rings (SSSR count). The third-order valence-electron chi connectivity index (χ3n) is 4.90. The lowest BCUT2D eigenvalue weighted by atomic mass is 9.74. The molecule has 0 fully saturated rings. The first-order valence-electron chi connectivity index (χ1n) is 7.31. The van der Waals surface area contributed by atoms with Crippen molar-refractivity contribution in [3.63, 3.8) is 0 Å². The first-order chi connectivity index (χ1) is 10.4. The van der Waals surface area contributed by atoms with E-state index in [4.69, 9.17) is 16.6 Å². The average molecular weight is 314 g/mol. The summed E-state index contributed by atoms with van der Waals surface area (Å²) in [5, 5.41) is 21.3. The summed E-state index contributed by atoms with van der Waals surface area (Å²) in [5.41, 5.74) is 4.56. The standard InChI is InChI=1S/C18H16ClNO2/c1-18(2)13-8-12-16(19)11-7-9(21)3-5-14(11)20-17(12)10(13)4-6-15(18)22/h3-7,15,21-22H,8H2,1-2H3. The van der Waals surface area contributed by atoms with Gasteiger partial charge in [0.25, 0.3) is 0 Å². The summed E-state index contributed by atoms with van der Waals surface area (Å²) >= 11 is 6.59. The Morgan fingerprint density at radius 1 is 1.32 bits per heavy atom. The Labute approximate surface area is 133 Å². The van der Waals surface area contributed by atoms with Crippen LogP contribution in [0.15, 0.2) is 35.9 Å². The van der Waals surface area contributed by atoms with Crippen molar-refractivity contribution in [1.82, 2.24) is 4.98 Å². The van der Waals surface area contributed by atoms with E-state index in [0.717, 1.165) is 27.7 Å². The Morgan fingerprint density at radius 2 is 2.09 bits per heavy atom. The van der Waals surface area contributed by atoms with Crippen LogP contribution in [0.2, 0.25) is 5.02 Å². The van der Waals surface area contributed by atoms with Crippen LogP contribution in [-0.4, -0.2) is 21.3 Å². The van der Waals surface area contributed by atoms with Crippen LogP contribution in [0.3, 0.4) is 0 Å². The number of halogens is 1. The lowest BCUT2D eigenvalue weighted by molar-refractivity contribution is 0.115. The molecule has 0 saturated heterocycles. The van der Waals surface area contributed by atoms with Crippen LogP contribution in [-0.2, 0) is 6.42 Å². The van der Waals surface area contributed by atoms with E-state index in [2.05, 4.69) is 0 Å². The van der Waals surface area contributed by atoms with Crippen molar-refractivity contribution in [2.24, 2.45) is 5.41 Å². The molecule has 2 N–H and O–H groups in total. The number of aliphatic hydroxyl groups excluding tert-OH is 1. The normalized spacial score (nSPS) is 22.1. The third kappa shape index (κ3) is 1.70. The molecule has 0 saturated carbocycles. The van der Waals surface area contributed by atoms with E-state index in [1.807, 2.05) is 26.0 Å². The van der Waals surface area contributed by atoms with Crippen molar-refractivity contribution < 1.29 is 10.2 Å². The number of fused-ring (bicyclic) bond motifs is 3. The zero-order valence-corrected chi connectivity index (χ0v) is 13.1. The average Bonchev–Trinajstić information content (AvgIpc) is 2.85. The minimum Gasteiger partial charge on any atom is -0.508 e. The largest absolute Gasteiger partial charge is 0.508 e. The van der Waals surface area contributed by atoms with Crippen LogP contribution in [0, 0.1) is 5.41 Å². The SMILES string of the molecule is CC1(C)C2=C(C=CC1O)c1nc3ccc(O)cc3c(Cl)c1C2. The first-order valence-corrected chi connectivity index (χ1v) is 7.69. The second-order valence-corrected chi connectivity index (χ2v) is 6.93. The molecule has 1 unspecified atom stereocenters. The number of phenols is 1. The van der Waals surface area contributed by atoms with E-state index in [9.17, 15) is 10.2 Å². The number of aliphatic hydroxyl groups is 1. The van der Waals surface area contributed by atoms with E-state index in [1.165, 1.54) is 5.57 Å². The van der Waals surface area contributed by atoms with E-state index in [-0.39, 0.29) is 11.2 Å². The van der Waals surface area contributed by atoms with E-state index in [1.54, 1.807) is 18.2 Å². The number of nitrogens with zero attached hydrogens (tertiary/aromatic N) is 1. The Kier molecular flexibility index (Phi) is 2.72. The topological polar surface area (TPSA) is 53.4 Å². The van der Waals surface area contributed by atoms with Gasteiger partial charge in [0.05, 0.1) is 22.3 Å². The van der Waals surface area contributed by atoms with Gasteiger partial charge in [-0.25, -0.2) is 4.98 Å². The molecule has 0 bridgehead atoms. The second-order valence-electron chi connectivity index (χ2n) is 6.55. The molecule has 4 heteroatoms. The van der Waals surface area contributed by atoms with Crippen molar-refractivity contribution in [3.05, 3.63) is 52.2 Å². The van der Waals surface area contributed by atoms with Gasteiger partial charge >= 0.3 is 0 Å². The number of phenolic OH excluding ortho intramolecular Hbond substituents is 1. The maximum absolute atomic E-state index is 10.3. The molecule has 0 amide bonds. The Balaban J connectivity index is 1.99. The van der Waals surface area contributed by atoms with Crippen LogP contribution in [0.4, 0.5) is 0 Å². The number of hydrogen-bond acceptors (Lipinski definition) is 3. The molecule has 22 heavy (non-hydrogen) atoms. The highest BCUT2D eigenvalue weighted by Crippen LogP contribution is 2.49. The fraction of sp³-hybridized carbons (Fsp3) is 0.278. The van der Waals surface area contributed by atoms with Crippen molar-refractivity contribution >= 4 is 28.1 Å². The van der Waals surface area contributed by atoms with E-state index in [0.29, 0.717) is 11.4 Å². The predicted octanol–water partition coefficient (Wildman–Crippen LogP) is 3.86. The van der Waals surface area contributed by atoms with Gasteiger partial charge in [-0.05, 0) is 30.2 Å². The van der Waals surface area contributed by atoms with Crippen LogP contribution in [0.5, 0.6) is 5.75 Å². The highest BCUT2D eigenvalue weighted by Gasteiger charge is 2.40. The van der Waals surface area contributed by atoms with Crippen LogP contribution in [0.1, 0.15) is 25.1 Å². The molecule has 112 valence electrons. The predicted molar refractivity (Wildman–Crippen MR) is 88.0 cm³/mol. The van der Waals surface area contributed by atoms with Crippen LogP contribution >= 0.6 is 11.6 Å². The maximum Gasteiger partial charge on any atom is 0.116 e. The summed E-state index contributed by atoms with van der Waals surface area (Å²) in [5.74, 6) is 0.183. The lowest BCUT2D eigenvalue weighted by Crippen LogP contribution is -2.32. The van der Waals surface area contributed by atoms with E-state index >= 15 is 0 Å². The molecule has 0 radical (unpaired) electrons. The number of rotatable bonds is 0. The third-order valence-corrected chi connectivity index (χ3v) is 5.33. The quantitative estimate of drug-likeness (QED) is 0.776. The number of pyridine rings is 1. The number of benzene rings is 1. The monoisotopic (exact) mass is 313 g/mol. The van der Waals surface area contributed by atoms with E-state index < -0.39 is 6.10 Å². The van der Waals surface area contributed by atoms with Gasteiger partial charge in [0.1, 0.15) is 5.75 Å². The highest BCUT2D eigenvalue weighted by atomic mass is 35.5. The summed E-state index contributed by atoms with van der Waals surface area (Å²) in [4.78, 5) is 4.75. The minimum atomic E-state index is -0.502. The van der Waals surface area contributed by atoms with Gasteiger partial charge in [-0.3, -0.25) is 0 Å². The molecule has 2 aromatic rings. The molecule has 3 nitrogen and oxygen atoms in total. The minimum absolute atomic E-state index is 0.183. The van der Waals surface area contributed by atoms with Crippen LogP contribution < -0.4 is 0 Å². The number of hydrogen-bond donors (Lipinski definition) is 2. The van der Waals surface area contributed by atoms with Gasteiger partial charge in [-0.1, -0.05) is 37.6 Å².